The summed E-state index contributed by atoms with van der Waals surface area (Å²) in [5.41, 5.74) is 1.67. The van der Waals surface area contributed by atoms with E-state index >= 15 is 0 Å². The highest BCUT2D eigenvalue weighted by atomic mass is 32.1. The Morgan fingerprint density at radius 1 is 1.32 bits per heavy atom. The second kappa shape index (κ2) is 7.15. The molecule has 4 rings (SSSR count). The molecule has 1 atom stereocenters. The number of thiophene rings is 1. The zero-order chi connectivity index (χ0) is 17.1. The number of rotatable bonds is 4. The quantitative estimate of drug-likeness (QED) is 0.717. The molecule has 1 fully saturated rings. The number of ether oxygens (including phenoxy) is 1. The van der Waals surface area contributed by atoms with Crippen molar-refractivity contribution in [2.45, 2.75) is 12.6 Å². The topological polar surface area (TPSA) is 75.2 Å². The first-order valence-electron chi connectivity index (χ1n) is 8.02. The summed E-state index contributed by atoms with van der Waals surface area (Å²) in [6.07, 6.45) is -0.0539. The lowest BCUT2D eigenvalue weighted by Gasteiger charge is -2.32. The van der Waals surface area contributed by atoms with Crippen LogP contribution in [0.4, 0.5) is 0 Å². The number of hydrogen-bond donors (Lipinski definition) is 0. The first kappa shape index (κ1) is 16.0. The maximum absolute atomic E-state index is 9.06. The van der Waals surface area contributed by atoms with Gasteiger partial charge in [0.2, 0.25) is 11.7 Å². The van der Waals surface area contributed by atoms with Crippen LogP contribution in [0.25, 0.3) is 10.7 Å². The minimum atomic E-state index is -0.0539. The lowest BCUT2D eigenvalue weighted by Crippen LogP contribution is -2.37. The summed E-state index contributed by atoms with van der Waals surface area (Å²) in [4.78, 5) is 7.72. The van der Waals surface area contributed by atoms with Gasteiger partial charge >= 0.3 is 0 Å². The number of morpholine rings is 1. The Morgan fingerprint density at radius 3 is 3.12 bits per heavy atom. The molecule has 1 unspecified atom stereocenters. The second-order valence-electron chi connectivity index (χ2n) is 5.82. The summed E-state index contributed by atoms with van der Waals surface area (Å²) >= 11 is 1.59. The molecule has 0 N–H and O–H groups in total. The molecule has 0 saturated carbocycles. The average Bonchev–Trinajstić information content (AvgIpc) is 3.34. The van der Waals surface area contributed by atoms with E-state index in [2.05, 4.69) is 21.1 Å². The molecule has 3 aromatic rings. The number of benzene rings is 1. The molecule has 1 saturated heterocycles. The third-order valence-corrected chi connectivity index (χ3v) is 4.97. The maximum atomic E-state index is 9.06. The summed E-state index contributed by atoms with van der Waals surface area (Å²) < 4.78 is 11.3. The lowest BCUT2D eigenvalue weighted by molar-refractivity contribution is -0.0356. The fraction of sp³-hybridized carbons (Fsp3) is 0.278. The molecule has 0 radical (unpaired) electrons. The first-order valence-corrected chi connectivity index (χ1v) is 8.90. The van der Waals surface area contributed by atoms with Crippen molar-refractivity contribution in [1.29, 1.82) is 5.26 Å². The molecule has 2 aromatic heterocycles. The molecule has 3 heterocycles. The minimum absolute atomic E-state index is 0.0539. The molecule has 1 aromatic carbocycles. The van der Waals surface area contributed by atoms with Crippen LogP contribution in [0, 0.1) is 11.3 Å². The highest BCUT2D eigenvalue weighted by Crippen LogP contribution is 2.25. The molecule has 6 nitrogen and oxygen atoms in total. The van der Waals surface area contributed by atoms with Crippen molar-refractivity contribution in [2.75, 3.05) is 19.7 Å². The van der Waals surface area contributed by atoms with Crippen LogP contribution in [0.15, 0.2) is 46.3 Å². The van der Waals surface area contributed by atoms with Gasteiger partial charge in [0.15, 0.2) is 0 Å². The van der Waals surface area contributed by atoms with E-state index < -0.39 is 0 Å². The van der Waals surface area contributed by atoms with Gasteiger partial charge in [0, 0.05) is 13.1 Å². The summed E-state index contributed by atoms with van der Waals surface area (Å²) in [5, 5.41) is 15.1. The first-order chi connectivity index (χ1) is 12.3. The Balaban J connectivity index is 1.44. The smallest absolute Gasteiger partial charge is 0.241 e. The fourth-order valence-electron chi connectivity index (χ4n) is 2.87. The summed E-state index contributed by atoms with van der Waals surface area (Å²) in [5.74, 6) is 1.24. The van der Waals surface area contributed by atoms with Crippen molar-refractivity contribution in [2.24, 2.45) is 0 Å². The van der Waals surface area contributed by atoms with E-state index in [-0.39, 0.29) is 6.10 Å². The van der Waals surface area contributed by atoms with Crippen LogP contribution in [-0.2, 0) is 11.3 Å². The van der Waals surface area contributed by atoms with Gasteiger partial charge in [0.25, 0.3) is 0 Å². The number of hydrogen-bond acceptors (Lipinski definition) is 7. The van der Waals surface area contributed by atoms with Crippen LogP contribution in [-0.4, -0.2) is 34.7 Å². The predicted molar refractivity (Wildman–Crippen MR) is 92.7 cm³/mol. The molecule has 1 aliphatic heterocycles. The van der Waals surface area contributed by atoms with Crippen molar-refractivity contribution in [3.63, 3.8) is 0 Å². The Labute approximate surface area is 149 Å². The summed E-state index contributed by atoms with van der Waals surface area (Å²) in [7, 11) is 0. The molecule has 0 spiro atoms. The number of aromatic nitrogens is 2. The normalized spacial score (nSPS) is 18.1. The molecule has 7 heteroatoms. The molecule has 0 amide bonds. The van der Waals surface area contributed by atoms with Crippen LogP contribution in [0.2, 0.25) is 0 Å². The van der Waals surface area contributed by atoms with E-state index in [9.17, 15) is 0 Å². The van der Waals surface area contributed by atoms with Gasteiger partial charge in [-0.15, -0.1) is 11.3 Å². The molecular weight excluding hydrogens is 336 g/mol. The SMILES string of the molecule is N#Cc1cccc(C2CN(Cc3nc(-c4cccs4)no3)CCO2)c1. The van der Waals surface area contributed by atoms with Crippen LogP contribution < -0.4 is 0 Å². The van der Waals surface area contributed by atoms with Crippen LogP contribution in [0.1, 0.15) is 23.1 Å². The number of nitrogens with zero attached hydrogens (tertiary/aromatic N) is 4. The van der Waals surface area contributed by atoms with Gasteiger partial charge in [0.1, 0.15) is 0 Å². The van der Waals surface area contributed by atoms with Crippen molar-refractivity contribution in [1.82, 2.24) is 15.0 Å². The van der Waals surface area contributed by atoms with E-state index in [1.807, 2.05) is 35.7 Å². The standard InChI is InChI=1S/C18H16N4O2S/c19-10-13-3-1-4-14(9-13)15-11-22(6-7-23-15)12-17-20-18(21-24-17)16-5-2-8-25-16/h1-5,8-9,15H,6-7,11-12H2. The molecule has 0 bridgehead atoms. The van der Waals surface area contributed by atoms with Gasteiger partial charge in [-0.25, -0.2) is 0 Å². The Bertz CT molecular complexity index is 885. The predicted octanol–water partition coefficient (Wildman–Crippen LogP) is 3.24. The van der Waals surface area contributed by atoms with Crippen LogP contribution >= 0.6 is 11.3 Å². The molecule has 25 heavy (non-hydrogen) atoms. The van der Waals surface area contributed by atoms with Crippen molar-refractivity contribution in [3.05, 3.63) is 58.8 Å². The van der Waals surface area contributed by atoms with E-state index in [0.717, 1.165) is 23.5 Å². The zero-order valence-corrected chi connectivity index (χ0v) is 14.3. The Hall–Kier alpha value is -2.53. The highest BCUT2D eigenvalue weighted by molar-refractivity contribution is 7.13. The minimum Gasteiger partial charge on any atom is -0.371 e. The van der Waals surface area contributed by atoms with Gasteiger partial charge < -0.3 is 9.26 Å². The maximum Gasteiger partial charge on any atom is 0.241 e. The van der Waals surface area contributed by atoms with Crippen LogP contribution in [0.3, 0.4) is 0 Å². The third-order valence-electron chi connectivity index (χ3n) is 4.11. The van der Waals surface area contributed by atoms with Crippen molar-refractivity contribution < 1.29 is 9.26 Å². The van der Waals surface area contributed by atoms with Gasteiger partial charge in [-0.3, -0.25) is 4.90 Å². The van der Waals surface area contributed by atoms with Gasteiger partial charge in [-0.05, 0) is 29.1 Å². The van der Waals surface area contributed by atoms with Crippen molar-refractivity contribution in [3.8, 4) is 16.8 Å². The third kappa shape index (κ3) is 3.61. The summed E-state index contributed by atoms with van der Waals surface area (Å²) in [6.45, 7) is 2.76. The Kier molecular flexibility index (Phi) is 4.57. The van der Waals surface area contributed by atoms with Gasteiger partial charge in [-0.2, -0.15) is 10.2 Å². The fourth-order valence-corrected chi connectivity index (χ4v) is 3.52. The Morgan fingerprint density at radius 2 is 2.28 bits per heavy atom. The largest absolute Gasteiger partial charge is 0.371 e. The molecule has 126 valence electrons. The van der Waals surface area contributed by atoms with Crippen LogP contribution in [0.5, 0.6) is 0 Å². The zero-order valence-electron chi connectivity index (χ0n) is 13.5. The number of nitriles is 1. The molecular formula is C18H16N4O2S. The summed E-state index contributed by atoms with van der Waals surface area (Å²) in [6, 6.07) is 13.7. The van der Waals surface area contributed by atoms with E-state index in [1.54, 1.807) is 17.4 Å². The van der Waals surface area contributed by atoms with Gasteiger partial charge in [0.05, 0.1) is 35.8 Å². The van der Waals surface area contributed by atoms with E-state index in [0.29, 0.717) is 30.4 Å². The monoisotopic (exact) mass is 352 g/mol. The van der Waals surface area contributed by atoms with E-state index in [4.69, 9.17) is 14.5 Å². The van der Waals surface area contributed by atoms with Gasteiger partial charge in [-0.1, -0.05) is 23.4 Å². The van der Waals surface area contributed by atoms with Crippen molar-refractivity contribution >= 4 is 11.3 Å². The molecule has 0 aliphatic carbocycles. The highest BCUT2D eigenvalue weighted by Gasteiger charge is 2.24. The molecule has 1 aliphatic rings. The second-order valence-corrected chi connectivity index (χ2v) is 6.77. The van der Waals surface area contributed by atoms with E-state index in [1.165, 1.54) is 0 Å². The average molecular weight is 352 g/mol. The lowest BCUT2D eigenvalue weighted by atomic mass is 10.1.